The maximum absolute atomic E-state index is 11.0. The van der Waals surface area contributed by atoms with Gasteiger partial charge in [0.25, 0.3) is 0 Å². The average molecular weight is 311 g/mol. The number of carbonyl (C=O) groups is 1. The first kappa shape index (κ1) is 12.8. The lowest BCUT2D eigenvalue weighted by Gasteiger charge is -1.98. The van der Waals surface area contributed by atoms with E-state index in [-0.39, 0.29) is 5.15 Å². The van der Waals surface area contributed by atoms with Crippen molar-refractivity contribution in [1.29, 1.82) is 0 Å². The van der Waals surface area contributed by atoms with Gasteiger partial charge in [0.1, 0.15) is 16.8 Å². The molecule has 0 unspecified atom stereocenters. The number of methoxy groups -OCH3 is 1. The zero-order valence-electron chi connectivity index (χ0n) is 10.1. The lowest BCUT2D eigenvalue weighted by atomic mass is 10.4. The quantitative estimate of drug-likeness (QED) is 0.578. The number of aromatic amines is 1. The Morgan fingerprint density at radius 2 is 2.30 bits per heavy atom. The highest BCUT2D eigenvalue weighted by Crippen LogP contribution is 2.31. The van der Waals surface area contributed by atoms with E-state index in [9.17, 15) is 4.79 Å². The summed E-state index contributed by atoms with van der Waals surface area (Å²) in [5.74, 6) is 0.803. The lowest BCUT2D eigenvalue weighted by Crippen LogP contribution is -2.06. The van der Waals surface area contributed by atoms with Crippen LogP contribution in [0.25, 0.3) is 21.7 Å². The largest absolute Gasteiger partial charge is 0.513 e. The fourth-order valence-electron chi connectivity index (χ4n) is 1.54. The van der Waals surface area contributed by atoms with Gasteiger partial charge in [-0.3, -0.25) is 5.10 Å². The number of nitrogens with one attached hydrogen (secondary N) is 1. The van der Waals surface area contributed by atoms with E-state index in [4.69, 9.17) is 16.3 Å². The number of thiophene rings is 1. The topological polar surface area (TPSA) is 90.0 Å². The second kappa shape index (κ2) is 5.06. The molecule has 1 N–H and O–H groups in total. The van der Waals surface area contributed by atoms with E-state index in [1.54, 1.807) is 17.6 Å². The van der Waals surface area contributed by atoms with Crippen molar-refractivity contribution in [1.82, 2.24) is 20.2 Å². The van der Waals surface area contributed by atoms with E-state index in [0.717, 1.165) is 0 Å². The van der Waals surface area contributed by atoms with Crippen LogP contribution in [0.2, 0.25) is 5.15 Å². The molecule has 0 amide bonds. The molecule has 9 heteroatoms. The summed E-state index contributed by atoms with van der Waals surface area (Å²) in [6.07, 6.45) is 0.852. The molecule has 0 aliphatic rings. The fourth-order valence-corrected chi connectivity index (χ4v) is 2.50. The van der Waals surface area contributed by atoms with Gasteiger partial charge in [-0.2, -0.15) is 5.10 Å². The SMILES string of the molecule is COC(=O)Oc1csc(-c2nc(Cl)c3n[nH]cc3n2)c1. The summed E-state index contributed by atoms with van der Waals surface area (Å²) in [6, 6.07) is 1.64. The van der Waals surface area contributed by atoms with Gasteiger partial charge < -0.3 is 9.47 Å². The number of fused-ring (bicyclic) bond motifs is 1. The monoisotopic (exact) mass is 310 g/mol. The molecule has 20 heavy (non-hydrogen) atoms. The number of ether oxygens (including phenoxy) is 2. The third-order valence-electron chi connectivity index (χ3n) is 2.41. The maximum atomic E-state index is 11.0. The van der Waals surface area contributed by atoms with Crippen LogP contribution in [-0.2, 0) is 4.74 Å². The number of carbonyl (C=O) groups excluding carboxylic acids is 1. The molecule has 0 radical (unpaired) electrons. The van der Waals surface area contributed by atoms with Crippen LogP contribution in [0.15, 0.2) is 17.6 Å². The second-order valence-electron chi connectivity index (χ2n) is 3.66. The number of halogens is 1. The Kier molecular flexibility index (Phi) is 3.25. The number of rotatable bonds is 2. The zero-order chi connectivity index (χ0) is 14.1. The lowest BCUT2D eigenvalue weighted by molar-refractivity contribution is 0.121. The Labute approximate surface area is 121 Å². The molecule has 0 atom stereocenters. The van der Waals surface area contributed by atoms with E-state index < -0.39 is 6.16 Å². The van der Waals surface area contributed by atoms with Gasteiger partial charge in [-0.1, -0.05) is 11.6 Å². The van der Waals surface area contributed by atoms with E-state index >= 15 is 0 Å². The second-order valence-corrected chi connectivity index (χ2v) is 4.93. The number of nitrogens with zero attached hydrogens (tertiary/aromatic N) is 3. The van der Waals surface area contributed by atoms with Crippen molar-refractivity contribution >= 4 is 40.1 Å². The number of hydrogen-bond donors (Lipinski definition) is 1. The smallest absolute Gasteiger partial charge is 0.437 e. The van der Waals surface area contributed by atoms with Gasteiger partial charge in [-0.25, -0.2) is 14.8 Å². The Balaban J connectivity index is 1.96. The van der Waals surface area contributed by atoms with Gasteiger partial charge in [0, 0.05) is 17.6 Å². The molecule has 0 fully saturated rings. The molecule has 0 aliphatic heterocycles. The summed E-state index contributed by atoms with van der Waals surface area (Å²) in [5, 5.41) is 8.54. The van der Waals surface area contributed by atoms with Crippen LogP contribution >= 0.6 is 22.9 Å². The minimum absolute atomic E-state index is 0.259. The van der Waals surface area contributed by atoms with Crippen LogP contribution in [-0.4, -0.2) is 33.4 Å². The van der Waals surface area contributed by atoms with Gasteiger partial charge in [-0.05, 0) is 0 Å². The van der Waals surface area contributed by atoms with Crippen LogP contribution in [0.5, 0.6) is 5.75 Å². The van der Waals surface area contributed by atoms with Crippen LogP contribution in [0, 0.1) is 0 Å². The molecule has 0 spiro atoms. The number of hydrogen-bond acceptors (Lipinski definition) is 7. The van der Waals surface area contributed by atoms with Crippen molar-refractivity contribution in [3.63, 3.8) is 0 Å². The molecule has 0 bridgehead atoms. The zero-order valence-corrected chi connectivity index (χ0v) is 11.7. The van der Waals surface area contributed by atoms with Crippen LogP contribution in [0.4, 0.5) is 4.79 Å². The standard InChI is InChI=1S/C11H7ClN4O3S/c1-18-11(17)19-5-2-7(20-4-5)10-14-6-3-13-16-8(6)9(12)15-10/h2-4H,1H3,(H,13,16). The molecule has 0 aliphatic carbocycles. The van der Waals surface area contributed by atoms with E-state index in [0.29, 0.717) is 27.5 Å². The summed E-state index contributed by atoms with van der Waals surface area (Å²) in [6.45, 7) is 0. The highest BCUT2D eigenvalue weighted by atomic mass is 35.5. The van der Waals surface area contributed by atoms with Gasteiger partial charge in [-0.15, -0.1) is 11.3 Å². The highest BCUT2D eigenvalue weighted by Gasteiger charge is 2.13. The number of aromatic nitrogens is 4. The molecule has 3 aromatic rings. The summed E-state index contributed by atoms with van der Waals surface area (Å²) in [4.78, 5) is 20.2. The number of H-pyrrole nitrogens is 1. The van der Waals surface area contributed by atoms with Crippen molar-refractivity contribution in [3.8, 4) is 16.5 Å². The van der Waals surface area contributed by atoms with Crippen LogP contribution in [0.1, 0.15) is 0 Å². The van der Waals surface area contributed by atoms with Crippen molar-refractivity contribution in [3.05, 3.63) is 22.8 Å². The van der Waals surface area contributed by atoms with Gasteiger partial charge in [0.05, 0.1) is 12.0 Å². The average Bonchev–Trinajstić information content (AvgIpc) is 3.07. The summed E-state index contributed by atoms with van der Waals surface area (Å²) >= 11 is 7.36. The Morgan fingerprint density at radius 3 is 3.10 bits per heavy atom. The predicted molar refractivity (Wildman–Crippen MR) is 73.0 cm³/mol. The summed E-state index contributed by atoms with van der Waals surface area (Å²) in [5.41, 5.74) is 1.13. The van der Waals surface area contributed by atoms with E-state index in [1.165, 1.54) is 18.4 Å². The molecule has 3 rings (SSSR count). The molecule has 7 nitrogen and oxygen atoms in total. The first-order valence-electron chi connectivity index (χ1n) is 5.39. The highest BCUT2D eigenvalue weighted by molar-refractivity contribution is 7.13. The van der Waals surface area contributed by atoms with Gasteiger partial charge >= 0.3 is 6.16 Å². The molecule has 0 saturated heterocycles. The molecular weight excluding hydrogens is 304 g/mol. The molecule has 102 valence electrons. The van der Waals surface area contributed by atoms with Gasteiger partial charge in [0.15, 0.2) is 11.0 Å². The van der Waals surface area contributed by atoms with Crippen LogP contribution in [0.3, 0.4) is 0 Å². The van der Waals surface area contributed by atoms with Gasteiger partial charge in [0.2, 0.25) is 0 Å². The molecule has 3 heterocycles. The molecule has 3 aromatic heterocycles. The van der Waals surface area contributed by atoms with E-state index in [1.807, 2.05) is 0 Å². The van der Waals surface area contributed by atoms with Crippen molar-refractivity contribution in [2.45, 2.75) is 0 Å². The van der Waals surface area contributed by atoms with E-state index in [2.05, 4.69) is 24.9 Å². The first-order valence-corrected chi connectivity index (χ1v) is 6.65. The predicted octanol–water partition coefficient (Wildman–Crippen LogP) is 2.88. The third-order valence-corrected chi connectivity index (χ3v) is 3.58. The minimum atomic E-state index is -0.779. The molecular formula is C11H7ClN4O3S. The maximum Gasteiger partial charge on any atom is 0.513 e. The van der Waals surface area contributed by atoms with Crippen molar-refractivity contribution < 1.29 is 14.3 Å². The molecule has 0 aromatic carbocycles. The fraction of sp³-hybridized carbons (Fsp3) is 0.0909. The molecule has 0 saturated carbocycles. The van der Waals surface area contributed by atoms with Crippen molar-refractivity contribution in [2.75, 3.05) is 7.11 Å². The Morgan fingerprint density at radius 1 is 1.45 bits per heavy atom. The van der Waals surface area contributed by atoms with Crippen molar-refractivity contribution in [2.24, 2.45) is 0 Å². The Hall–Kier alpha value is -2.19. The van der Waals surface area contributed by atoms with Crippen LogP contribution < -0.4 is 4.74 Å². The Bertz CT molecular complexity index is 785. The third kappa shape index (κ3) is 2.30. The minimum Gasteiger partial charge on any atom is -0.437 e. The first-order chi connectivity index (χ1) is 9.67. The summed E-state index contributed by atoms with van der Waals surface area (Å²) in [7, 11) is 1.24. The summed E-state index contributed by atoms with van der Waals surface area (Å²) < 4.78 is 9.32. The normalized spacial score (nSPS) is 10.7.